The van der Waals surface area contributed by atoms with Crippen LogP contribution in [0.4, 0.5) is 17.6 Å². The molecule has 1 saturated heterocycles. The summed E-state index contributed by atoms with van der Waals surface area (Å²) in [6, 6.07) is 5.12. The molecule has 1 fully saturated rings. The molecule has 2 aromatic rings. The molecule has 2 heterocycles. The highest BCUT2D eigenvalue weighted by Gasteiger charge is 2.34. The van der Waals surface area contributed by atoms with E-state index in [9.17, 15) is 31.5 Å². The number of nitrogens with zero attached hydrogens (tertiary/aromatic N) is 2. The Hall–Kier alpha value is -2.11. The second-order valence-electron chi connectivity index (χ2n) is 7.93. The smallest absolute Gasteiger partial charge is 0.333 e. The third-order valence-corrected chi connectivity index (χ3v) is 7.24. The van der Waals surface area contributed by atoms with Crippen LogP contribution < -0.4 is 0 Å². The molecule has 0 bridgehead atoms. The number of halogens is 4. The van der Waals surface area contributed by atoms with Gasteiger partial charge in [0.1, 0.15) is 11.5 Å². The van der Waals surface area contributed by atoms with Crippen molar-refractivity contribution in [2.24, 2.45) is 5.92 Å². The minimum Gasteiger partial charge on any atom is -0.333 e. The van der Waals surface area contributed by atoms with Crippen LogP contribution in [0, 0.1) is 18.7 Å². The Bertz CT molecular complexity index is 923. The summed E-state index contributed by atoms with van der Waals surface area (Å²) in [5, 5.41) is 5.34. The second-order valence-corrected chi connectivity index (χ2v) is 10.3. The zero-order valence-corrected chi connectivity index (χ0v) is 17.8. The van der Waals surface area contributed by atoms with Crippen LogP contribution in [-0.2, 0) is 12.7 Å². The van der Waals surface area contributed by atoms with Crippen molar-refractivity contribution in [3.63, 3.8) is 0 Å². The number of aryl methyl sites for hydroxylation is 1. The number of nitrogens with one attached hydrogen (secondary N) is 1. The van der Waals surface area contributed by atoms with Crippen molar-refractivity contribution in [3.8, 4) is 0 Å². The highest BCUT2D eigenvalue weighted by atomic mass is 32.3. The van der Waals surface area contributed by atoms with Crippen molar-refractivity contribution in [1.82, 2.24) is 15.1 Å². The van der Waals surface area contributed by atoms with Gasteiger partial charge in [0.25, 0.3) is 5.91 Å². The number of carbonyl (C=O) groups is 1. The summed E-state index contributed by atoms with van der Waals surface area (Å²) in [6.45, 7) is 1.85. The topological polar surface area (TPSA) is 89.5 Å². The number of benzene rings is 1. The molecule has 0 spiro atoms. The summed E-state index contributed by atoms with van der Waals surface area (Å²) in [6.07, 6.45) is -2.97. The predicted molar refractivity (Wildman–Crippen MR) is 109 cm³/mol. The van der Waals surface area contributed by atoms with Gasteiger partial charge in [-0.25, -0.2) is 4.39 Å². The summed E-state index contributed by atoms with van der Waals surface area (Å²) in [4.78, 5) is 14.2. The van der Waals surface area contributed by atoms with Gasteiger partial charge in [-0.05, 0) is 38.2 Å². The van der Waals surface area contributed by atoms with E-state index >= 15 is 0 Å². The van der Waals surface area contributed by atoms with Crippen molar-refractivity contribution in [2.75, 3.05) is 18.1 Å². The van der Waals surface area contributed by atoms with E-state index in [2.05, 4.69) is 5.10 Å². The Kier molecular flexibility index (Phi) is 6.97. The molecule has 31 heavy (non-hydrogen) atoms. The van der Waals surface area contributed by atoms with Gasteiger partial charge in [-0.2, -0.15) is 28.9 Å². The molecule has 1 aliphatic heterocycles. The largest absolute Gasteiger partial charge is 0.432 e. The first-order valence-electron chi connectivity index (χ1n) is 9.85. The lowest BCUT2D eigenvalue weighted by molar-refractivity contribution is -0.141. The maximum Gasteiger partial charge on any atom is 0.432 e. The van der Waals surface area contributed by atoms with Crippen LogP contribution in [-0.4, -0.2) is 48.2 Å². The molecular weight excluding hydrogens is 438 g/mol. The van der Waals surface area contributed by atoms with E-state index in [0.29, 0.717) is 36.8 Å². The zero-order valence-electron chi connectivity index (χ0n) is 17.0. The lowest BCUT2D eigenvalue weighted by Crippen LogP contribution is -2.34. The van der Waals surface area contributed by atoms with Gasteiger partial charge in [0.2, 0.25) is 0 Å². The average molecular weight is 463 g/mol. The van der Waals surface area contributed by atoms with Crippen LogP contribution in [0.2, 0.25) is 0 Å². The Balaban J connectivity index is 1.77. The van der Waals surface area contributed by atoms with E-state index in [0.717, 1.165) is 5.56 Å². The standard InChI is InChI=1S/C20H25F4N3O3S/c1-13-2-3-16(21)15(10-13)12-27(7-4-14-5-8-31(29,30)9-6-14)19(28)17-11-18(26-25-17)20(22,23)24/h2-3,10-11,14,29-30H,4-9,12H2,1H3,(H,25,26). The number of H-pyrrole nitrogens is 1. The van der Waals surface area contributed by atoms with E-state index in [4.69, 9.17) is 0 Å². The van der Waals surface area contributed by atoms with Gasteiger partial charge in [-0.3, -0.25) is 19.0 Å². The van der Waals surface area contributed by atoms with Gasteiger partial charge < -0.3 is 4.90 Å². The Morgan fingerprint density at radius 3 is 2.55 bits per heavy atom. The Labute approximate surface area is 179 Å². The zero-order chi connectivity index (χ0) is 22.8. The van der Waals surface area contributed by atoms with Gasteiger partial charge >= 0.3 is 6.18 Å². The molecule has 11 heteroatoms. The first-order valence-corrected chi connectivity index (χ1v) is 11.7. The Morgan fingerprint density at radius 1 is 1.26 bits per heavy atom. The molecule has 3 rings (SSSR count). The van der Waals surface area contributed by atoms with Crippen LogP contribution in [0.3, 0.4) is 0 Å². The van der Waals surface area contributed by atoms with Crippen molar-refractivity contribution in [1.29, 1.82) is 0 Å². The Morgan fingerprint density at radius 2 is 1.94 bits per heavy atom. The van der Waals surface area contributed by atoms with Gasteiger partial charge in [0.05, 0.1) is 0 Å². The molecule has 6 nitrogen and oxygen atoms in total. The normalized spacial score (nSPS) is 18.0. The molecule has 172 valence electrons. The molecule has 1 aromatic heterocycles. The van der Waals surface area contributed by atoms with Crippen molar-refractivity contribution < 1.29 is 31.5 Å². The number of carbonyl (C=O) groups excluding carboxylic acids is 1. The second kappa shape index (κ2) is 9.17. The number of aromatic amines is 1. The SMILES string of the molecule is Cc1ccc(F)c(CN(CCC2CCS(O)(O)CC2)C(=O)c2cc(C(F)(F)F)[nH]n2)c1. The van der Waals surface area contributed by atoms with Gasteiger partial charge in [-0.15, -0.1) is 0 Å². The summed E-state index contributed by atoms with van der Waals surface area (Å²) >= 11 is 0. The van der Waals surface area contributed by atoms with Gasteiger partial charge in [-0.1, -0.05) is 17.7 Å². The molecule has 0 radical (unpaired) electrons. The number of hydrogen-bond donors (Lipinski definition) is 3. The van der Waals surface area contributed by atoms with Crippen molar-refractivity contribution in [2.45, 2.75) is 38.9 Å². The maximum absolute atomic E-state index is 14.3. The number of hydrogen-bond acceptors (Lipinski definition) is 4. The first-order chi connectivity index (χ1) is 14.4. The van der Waals surface area contributed by atoms with E-state index in [1.165, 1.54) is 11.0 Å². The summed E-state index contributed by atoms with van der Waals surface area (Å²) in [5.74, 6) is -0.498. The van der Waals surface area contributed by atoms with Gasteiger partial charge in [0.15, 0.2) is 5.69 Å². The minimum absolute atomic E-state index is 0.109. The van der Waals surface area contributed by atoms with Crippen LogP contribution >= 0.6 is 10.6 Å². The van der Waals surface area contributed by atoms with Crippen LogP contribution in [0.5, 0.6) is 0 Å². The molecular formula is C20H25F4N3O3S. The highest BCUT2D eigenvalue weighted by molar-refractivity contribution is 8.24. The molecule has 0 saturated carbocycles. The lowest BCUT2D eigenvalue weighted by Gasteiger charge is -2.39. The third kappa shape index (κ3) is 6.20. The number of amides is 1. The van der Waals surface area contributed by atoms with Crippen LogP contribution in [0.1, 0.15) is 46.6 Å². The van der Waals surface area contributed by atoms with E-state index in [1.807, 2.05) is 5.10 Å². The summed E-state index contributed by atoms with van der Waals surface area (Å²) in [7, 11) is -2.53. The number of aromatic nitrogens is 2. The molecule has 1 amide bonds. The molecule has 1 aliphatic rings. The summed E-state index contributed by atoms with van der Waals surface area (Å²) < 4.78 is 72.4. The minimum atomic E-state index is -4.66. The molecule has 0 atom stereocenters. The van der Waals surface area contributed by atoms with E-state index in [-0.39, 0.29) is 24.6 Å². The lowest BCUT2D eigenvalue weighted by atomic mass is 9.98. The van der Waals surface area contributed by atoms with Gasteiger partial charge in [0, 0.05) is 36.2 Å². The molecule has 3 N–H and O–H groups in total. The van der Waals surface area contributed by atoms with Crippen molar-refractivity contribution >= 4 is 16.5 Å². The fraction of sp³-hybridized carbons (Fsp3) is 0.500. The molecule has 1 aromatic carbocycles. The van der Waals surface area contributed by atoms with Crippen LogP contribution in [0.25, 0.3) is 0 Å². The number of rotatable bonds is 6. The van der Waals surface area contributed by atoms with Crippen molar-refractivity contribution in [3.05, 3.63) is 52.6 Å². The first kappa shape index (κ1) is 23.6. The molecule has 0 aliphatic carbocycles. The fourth-order valence-electron chi connectivity index (χ4n) is 3.61. The molecule has 0 unspecified atom stereocenters. The maximum atomic E-state index is 14.3. The predicted octanol–water partition coefficient (Wildman–Crippen LogP) is 5.07. The van der Waals surface area contributed by atoms with E-state index < -0.39 is 39.9 Å². The highest BCUT2D eigenvalue weighted by Crippen LogP contribution is 2.46. The van der Waals surface area contributed by atoms with Crippen LogP contribution in [0.15, 0.2) is 24.3 Å². The average Bonchev–Trinajstić information content (AvgIpc) is 3.19. The summed E-state index contributed by atoms with van der Waals surface area (Å²) in [5.41, 5.74) is -0.466. The number of alkyl halides is 3. The third-order valence-electron chi connectivity index (χ3n) is 5.47. The quantitative estimate of drug-likeness (QED) is 0.522. The monoisotopic (exact) mass is 463 g/mol. The fourth-order valence-corrected chi connectivity index (χ4v) is 5.23. The van der Waals surface area contributed by atoms with E-state index in [1.54, 1.807) is 19.1 Å².